The van der Waals surface area contributed by atoms with Crippen LogP contribution in [-0.4, -0.2) is 23.5 Å². The molecule has 3 heteroatoms. The Morgan fingerprint density at radius 2 is 1.95 bits per heavy atom. The fraction of sp³-hybridized carbons (Fsp3) is 0.412. The molecule has 0 spiro atoms. The Kier molecular flexibility index (Phi) is 4.51. The van der Waals surface area contributed by atoms with Crippen LogP contribution in [0.1, 0.15) is 23.3 Å². The zero-order chi connectivity index (χ0) is 13.8. The summed E-state index contributed by atoms with van der Waals surface area (Å²) in [4.78, 5) is 4.02. The molecule has 2 nitrogen and oxygen atoms in total. The minimum atomic E-state index is 0.220. The lowest BCUT2D eigenvalue weighted by molar-refractivity contribution is 0.239. The fourth-order valence-corrected chi connectivity index (χ4v) is 3.40. The molecule has 2 aromatic rings. The quantitative estimate of drug-likeness (QED) is 0.846. The summed E-state index contributed by atoms with van der Waals surface area (Å²) in [5.74, 6) is 0. The molecule has 0 bridgehead atoms. The first-order valence-electron chi connectivity index (χ1n) is 7.37. The Balaban J connectivity index is 1.56. The highest BCUT2D eigenvalue weighted by Crippen LogP contribution is 2.29. The van der Waals surface area contributed by atoms with Gasteiger partial charge in [0.2, 0.25) is 0 Å². The molecule has 1 aliphatic rings. The van der Waals surface area contributed by atoms with Crippen LogP contribution < -0.4 is 5.73 Å². The predicted molar refractivity (Wildman–Crippen MR) is 85.9 cm³/mol. The van der Waals surface area contributed by atoms with Crippen molar-refractivity contribution in [2.45, 2.75) is 37.9 Å². The molecule has 1 fully saturated rings. The van der Waals surface area contributed by atoms with Gasteiger partial charge >= 0.3 is 0 Å². The first-order valence-corrected chi connectivity index (χ1v) is 8.25. The van der Waals surface area contributed by atoms with E-state index in [4.69, 9.17) is 5.73 Å². The average Bonchev–Trinajstić information content (AvgIpc) is 3.18. The highest BCUT2D eigenvalue weighted by atomic mass is 32.1. The molecule has 1 aromatic heterocycles. The maximum Gasteiger partial charge on any atom is 0.0331 e. The maximum absolute atomic E-state index is 6.36. The normalized spacial score (nSPS) is 16.5. The van der Waals surface area contributed by atoms with Crippen molar-refractivity contribution in [2.24, 2.45) is 5.73 Å². The van der Waals surface area contributed by atoms with Crippen LogP contribution in [-0.2, 0) is 13.0 Å². The summed E-state index contributed by atoms with van der Waals surface area (Å²) in [6.45, 7) is 2.06. The van der Waals surface area contributed by atoms with Crippen molar-refractivity contribution in [3.05, 3.63) is 58.3 Å². The molecule has 0 saturated heterocycles. The first-order chi connectivity index (χ1) is 9.81. The summed E-state index contributed by atoms with van der Waals surface area (Å²) in [6, 6.07) is 15.9. The second-order valence-corrected chi connectivity index (χ2v) is 6.72. The summed E-state index contributed by atoms with van der Waals surface area (Å²) in [5, 5.41) is 2.16. The Hall–Kier alpha value is -1.16. The van der Waals surface area contributed by atoms with E-state index in [1.54, 1.807) is 0 Å². The molecule has 1 atom stereocenters. The van der Waals surface area contributed by atoms with Gasteiger partial charge in [0.05, 0.1) is 0 Å². The summed E-state index contributed by atoms with van der Waals surface area (Å²) in [7, 11) is 0. The summed E-state index contributed by atoms with van der Waals surface area (Å²) < 4.78 is 0. The van der Waals surface area contributed by atoms with Gasteiger partial charge in [-0.2, -0.15) is 0 Å². The van der Waals surface area contributed by atoms with E-state index in [2.05, 4.69) is 52.7 Å². The van der Waals surface area contributed by atoms with Gasteiger partial charge in [0.1, 0.15) is 0 Å². The van der Waals surface area contributed by atoms with Crippen LogP contribution in [0.15, 0.2) is 47.8 Å². The molecular weight excluding hydrogens is 264 g/mol. The van der Waals surface area contributed by atoms with Crippen molar-refractivity contribution in [3.63, 3.8) is 0 Å². The third-order valence-corrected chi connectivity index (χ3v) is 4.67. The molecule has 0 aliphatic heterocycles. The molecule has 0 amide bonds. The Morgan fingerprint density at radius 1 is 1.15 bits per heavy atom. The minimum absolute atomic E-state index is 0.220. The van der Waals surface area contributed by atoms with Gasteiger partial charge in [-0.3, -0.25) is 4.90 Å². The van der Waals surface area contributed by atoms with E-state index in [1.165, 1.54) is 23.3 Å². The predicted octanol–water partition coefficient (Wildman–Crippen LogP) is 3.28. The molecule has 1 unspecified atom stereocenters. The van der Waals surface area contributed by atoms with Gasteiger partial charge in [0, 0.05) is 30.1 Å². The SMILES string of the molecule is NC(Cc1ccccc1)CN(Cc1cccs1)C1CC1. The Labute approximate surface area is 125 Å². The minimum Gasteiger partial charge on any atom is -0.326 e. The van der Waals surface area contributed by atoms with E-state index in [0.29, 0.717) is 0 Å². The van der Waals surface area contributed by atoms with Crippen LogP contribution in [0.25, 0.3) is 0 Å². The molecule has 3 rings (SSSR count). The lowest BCUT2D eigenvalue weighted by Crippen LogP contribution is -2.39. The highest BCUT2D eigenvalue weighted by molar-refractivity contribution is 7.09. The van der Waals surface area contributed by atoms with Crippen LogP contribution in [0, 0.1) is 0 Å². The van der Waals surface area contributed by atoms with Crippen LogP contribution in [0.5, 0.6) is 0 Å². The monoisotopic (exact) mass is 286 g/mol. The summed E-state index contributed by atoms with van der Waals surface area (Å²) >= 11 is 1.85. The van der Waals surface area contributed by atoms with Gasteiger partial charge in [0.25, 0.3) is 0 Å². The van der Waals surface area contributed by atoms with E-state index < -0.39 is 0 Å². The number of nitrogens with zero attached hydrogens (tertiary/aromatic N) is 1. The van der Waals surface area contributed by atoms with Crippen LogP contribution in [0.3, 0.4) is 0 Å². The highest BCUT2D eigenvalue weighted by Gasteiger charge is 2.30. The van der Waals surface area contributed by atoms with Crippen LogP contribution in [0.2, 0.25) is 0 Å². The topological polar surface area (TPSA) is 29.3 Å². The van der Waals surface area contributed by atoms with Crippen LogP contribution >= 0.6 is 11.3 Å². The molecule has 1 saturated carbocycles. The van der Waals surface area contributed by atoms with Gasteiger partial charge < -0.3 is 5.73 Å². The molecule has 20 heavy (non-hydrogen) atoms. The molecule has 1 aliphatic carbocycles. The summed E-state index contributed by atoms with van der Waals surface area (Å²) in [5.41, 5.74) is 7.70. The fourth-order valence-electron chi connectivity index (χ4n) is 2.67. The third-order valence-electron chi connectivity index (χ3n) is 3.81. The second-order valence-electron chi connectivity index (χ2n) is 5.69. The maximum atomic E-state index is 6.36. The standard InChI is InChI=1S/C17H22N2S/c18-15(11-14-5-2-1-3-6-14)12-19(16-8-9-16)13-17-7-4-10-20-17/h1-7,10,15-16H,8-9,11-13,18H2. The molecule has 106 valence electrons. The Morgan fingerprint density at radius 3 is 2.60 bits per heavy atom. The zero-order valence-corrected chi connectivity index (χ0v) is 12.6. The van der Waals surface area contributed by atoms with E-state index in [9.17, 15) is 0 Å². The van der Waals surface area contributed by atoms with Crippen LogP contribution in [0.4, 0.5) is 0 Å². The number of thiophene rings is 1. The van der Waals surface area contributed by atoms with Gasteiger partial charge in [0.15, 0.2) is 0 Å². The van der Waals surface area contributed by atoms with Crippen molar-refractivity contribution in [3.8, 4) is 0 Å². The first kappa shape index (κ1) is 13.8. The molecule has 0 radical (unpaired) electrons. The Bertz CT molecular complexity index is 505. The van der Waals surface area contributed by atoms with E-state index >= 15 is 0 Å². The zero-order valence-electron chi connectivity index (χ0n) is 11.7. The molecule has 1 heterocycles. The van der Waals surface area contributed by atoms with Crippen molar-refractivity contribution in [2.75, 3.05) is 6.54 Å². The van der Waals surface area contributed by atoms with Crippen molar-refractivity contribution >= 4 is 11.3 Å². The van der Waals surface area contributed by atoms with Gasteiger partial charge in [-0.25, -0.2) is 0 Å². The lowest BCUT2D eigenvalue weighted by Gasteiger charge is -2.25. The number of benzene rings is 1. The molecule has 1 aromatic carbocycles. The van der Waals surface area contributed by atoms with E-state index in [0.717, 1.165) is 25.6 Å². The number of nitrogens with two attached hydrogens (primary N) is 1. The smallest absolute Gasteiger partial charge is 0.0331 e. The number of rotatable bonds is 7. The average molecular weight is 286 g/mol. The number of hydrogen-bond acceptors (Lipinski definition) is 3. The van der Waals surface area contributed by atoms with Crippen molar-refractivity contribution in [1.82, 2.24) is 4.90 Å². The van der Waals surface area contributed by atoms with Gasteiger partial charge in [-0.1, -0.05) is 36.4 Å². The number of hydrogen-bond donors (Lipinski definition) is 1. The molecular formula is C17H22N2S. The van der Waals surface area contributed by atoms with Gasteiger partial charge in [-0.15, -0.1) is 11.3 Å². The van der Waals surface area contributed by atoms with Crippen molar-refractivity contribution < 1.29 is 0 Å². The van der Waals surface area contributed by atoms with E-state index in [1.807, 2.05) is 11.3 Å². The molecule has 2 N–H and O–H groups in total. The van der Waals surface area contributed by atoms with E-state index in [-0.39, 0.29) is 6.04 Å². The largest absolute Gasteiger partial charge is 0.326 e. The second kappa shape index (κ2) is 6.53. The third kappa shape index (κ3) is 3.92. The summed E-state index contributed by atoms with van der Waals surface area (Å²) in [6.07, 6.45) is 3.64. The lowest BCUT2D eigenvalue weighted by atomic mass is 10.1. The van der Waals surface area contributed by atoms with Crippen molar-refractivity contribution in [1.29, 1.82) is 0 Å². The van der Waals surface area contributed by atoms with Gasteiger partial charge in [-0.05, 0) is 36.3 Å².